The zero-order valence-corrected chi connectivity index (χ0v) is 12.0. The quantitative estimate of drug-likeness (QED) is 0.945. The van der Waals surface area contributed by atoms with E-state index in [1.807, 2.05) is 17.0 Å². The number of benzene rings is 1. The summed E-state index contributed by atoms with van der Waals surface area (Å²) in [7, 11) is 0. The first-order valence-electron chi connectivity index (χ1n) is 7.21. The van der Waals surface area contributed by atoms with E-state index in [0.717, 1.165) is 18.4 Å². The Balaban J connectivity index is 1.88. The molecule has 1 aliphatic heterocycles. The Kier molecular flexibility index (Phi) is 3.87. The van der Waals surface area contributed by atoms with Crippen LogP contribution in [0.4, 0.5) is 0 Å². The van der Waals surface area contributed by atoms with Gasteiger partial charge < -0.3 is 10.0 Å². The van der Waals surface area contributed by atoms with E-state index >= 15 is 0 Å². The second kappa shape index (κ2) is 5.97. The molecule has 1 N–H and O–H groups in total. The third-order valence-corrected chi connectivity index (χ3v) is 3.96. The van der Waals surface area contributed by atoms with Crippen molar-refractivity contribution in [2.24, 2.45) is 0 Å². The van der Waals surface area contributed by atoms with E-state index in [0.29, 0.717) is 12.1 Å². The summed E-state index contributed by atoms with van der Waals surface area (Å²) in [5.41, 5.74) is 1.61. The lowest BCUT2D eigenvalue weighted by Gasteiger charge is -2.25. The lowest BCUT2D eigenvalue weighted by Crippen LogP contribution is -2.30. The normalized spacial score (nSPS) is 17.5. The van der Waals surface area contributed by atoms with Gasteiger partial charge in [-0.05, 0) is 48.7 Å². The molecule has 0 aliphatic carbocycles. The van der Waals surface area contributed by atoms with Crippen LogP contribution < -0.4 is 0 Å². The van der Waals surface area contributed by atoms with Crippen molar-refractivity contribution in [3.05, 3.63) is 65.5 Å². The van der Waals surface area contributed by atoms with Gasteiger partial charge in [-0.15, -0.1) is 0 Å². The maximum absolute atomic E-state index is 12.7. The molecule has 1 saturated heterocycles. The van der Waals surface area contributed by atoms with E-state index in [2.05, 4.69) is 4.98 Å². The summed E-state index contributed by atoms with van der Waals surface area (Å²) in [5.74, 6) is -1.15. The molecular formula is C17H16N2O3. The van der Waals surface area contributed by atoms with Crippen molar-refractivity contribution in [1.29, 1.82) is 0 Å². The van der Waals surface area contributed by atoms with Crippen LogP contribution in [-0.2, 0) is 0 Å². The van der Waals surface area contributed by atoms with Crippen molar-refractivity contribution < 1.29 is 14.7 Å². The predicted molar refractivity (Wildman–Crippen MR) is 80.6 cm³/mol. The molecule has 5 nitrogen and oxygen atoms in total. The Morgan fingerprint density at radius 1 is 1.14 bits per heavy atom. The predicted octanol–water partition coefficient (Wildman–Crippen LogP) is 2.76. The third-order valence-electron chi connectivity index (χ3n) is 3.96. The minimum atomic E-state index is -1.03. The van der Waals surface area contributed by atoms with Gasteiger partial charge >= 0.3 is 5.97 Å². The summed E-state index contributed by atoms with van der Waals surface area (Å²) in [6.45, 7) is 0.684. The molecular weight excluding hydrogens is 280 g/mol. The molecule has 0 bridgehead atoms. The van der Waals surface area contributed by atoms with Gasteiger partial charge in [0, 0.05) is 24.5 Å². The summed E-state index contributed by atoms with van der Waals surface area (Å²) in [6, 6.07) is 10.1. The van der Waals surface area contributed by atoms with E-state index in [1.165, 1.54) is 12.1 Å². The van der Waals surface area contributed by atoms with Crippen molar-refractivity contribution in [2.75, 3.05) is 6.54 Å². The van der Waals surface area contributed by atoms with Crippen LogP contribution in [0.25, 0.3) is 0 Å². The van der Waals surface area contributed by atoms with Crippen LogP contribution in [-0.4, -0.2) is 33.4 Å². The van der Waals surface area contributed by atoms with Crippen molar-refractivity contribution in [3.8, 4) is 0 Å². The van der Waals surface area contributed by atoms with Crippen LogP contribution in [0.1, 0.15) is 45.2 Å². The smallest absolute Gasteiger partial charge is 0.335 e. The molecule has 0 spiro atoms. The molecule has 2 heterocycles. The summed E-state index contributed by atoms with van der Waals surface area (Å²) in [4.78, 5) is 29.6. The number of hydrogen-bond acceptors (Lipinski definition) is 3. The van der Waals surface area contributed by atoms with E-state index < -0.39 is 5.97 Å². The van der Waals surface area contributed by atoms with Crippen molar-refractivity contribution >= 4 is 11.9 Å². The molecule has 3 rings (SSSR count). The average molecular weight is 296 g/mol. The topological polar surface area (TPSA) is 70.5 Å². The highest BCUT2D eigenvalue weighted by Gasteiger charge is 2.30. The van der Waals surface area contributed by atoms with E-state index in [4.69, 9.17) is 5.11 Å². The molecule has 1 atom stereocenters. The minimum absolute atomic E-state index is 0.0315. The van der Waals surface area contributed by atoms with Crippen molar-refractivity contribution in [1.82, 2.24) is 9.88 Å². The van der Waals surface area contributed by atoms with Gasteiger partial charge in [-0.1, -0.05) is 6.07 Å². The molecule has 1 amide bonds. The molecule has 1 aliphatic rings. The van der Waals surface area contributed by atoms with Crippen LogP contribution in [0.2, 0.25) is 0 Å². The van der Waals surface area contributed by atoms with Gasteiger partial charge in [0.2, 0.25) is 0 Å². The van der Waals surface area contributed by atoms with Crippen LogP contribution in [0.5, 0.6) is 0 Å². The summed E-state index contributed by atoms with van der Waals surface area (Å²) in [5, 5.41) is 9.05. The minimum Gasteiger partial charge on any atom is -0.478 e. The number of hydrogen-bond donors (Lipinski definition) is 1. The summed E-state index contributed by atoms with van der Waals surface area (Å²) in [6.07, 6.45) is 5.30. The number of carbonyl (C=O) groups is 2. The second-order valence-corrected chi connectivity index (χ2v) is 5.32. The van der Waals surface area contributed by atoms with Gasteiger partial charge in [-0.2, -0.15) is 0 Å². The van der Waals surface area contributed by atoms with Crippen LogP contribution in [0, 0.1) is 0 Å². The molecule has 1 fully saturated rings. The van der Waals surface area contributed by atoms with Gasteiger partial charge in [0.05, 0.1) is 11.6 Å². The summed E-state index contributed by atoms with van der Waals surface area (Å²) < 4.78 is 0. The number of carboxylic acid groups (broad SMARTS) is 1. The SMILES string of the molecule is O=C(O)c1cccc(C(=O)N2CCCC2c2ccncc2)c1. The first kappa shape index (κ1) is 14.3. The first-order valence-corrected chi connectivity index (χ1v) is 7.21. The highest BCUT2D eigenvalue weighted by molar-refractivity contribution is 5.97. The monoisotopic (exact) mass is 296 g/mol. The molecule has 1 unspecified atom stereocenters. The molecule has 1 aromatic heterocycles. The molecule has 1 aromatic carbocycles. The van der Waals surface area contributed by atoms with E-state index in [9.17, 15) is 9.59 Å². The molecule has 2 aromatic rings. The number of likely N-dealkylation sites (tertiary alicyclic amines) is 1. The number of carboxylic acids is 1. The zero-order valence-electron chi connectivity index (χ0n) is 12.0. The lowest BCUT2D eigenvalue weighted by molar-refractivity contribution is 0.0697. The Morgan fingerprint density at radius 3 is 2.59 bits per heavy atom. The fourth-order valence-corrected chi connectivity index (χ4v) is 2.89. The highest BCUT2D eigenvalue weighted by Crippen LogP contribution is 2.32. The molecule has 112 valence electrons. The number of rotatable bonds is 3. The number of aromatic carboxylic acids is 1. The Bertz CT molecular complexity index is 700. The average Bonchev–Trinajstić information content (AvgIpc) is 3.04. The first-order chi connectivity index (χ1) is 10.7. The van der Waals surface area contributed by atoms with E-state index in [1.54, 1.807) is 24.5 Å². The van der Waals surface area contributed by atoms with Crippen LogP contribution in [0.3, 0.4) is 0 Å². The maximum Gasteiger partial charge on any atom is 0.335 e. The fourth-order valence-electron chi connectivity index (χ4n) is 2.89. The lowest BCUT2D eigenvalue weighted by atomic mass is 10.0. The number of aromatic nitrogens is 1. The number of carbonyl (C=O) groups excluding carboxylic acids is 1. The third kappa shape index (κ3) is 2.70. The maximum atomic E-state index is 12.7. The van der Waals surface area contributed by atoms with Crippen LogP contribution in [0.15, 0.2) is 48.8 Å². The Morgan fingerprint density at radius 2 is 1.86 bits per heavy atom. The largest absolute Gasteiger partial charge is 0.478 e. The van der Waals surface area contributed by atoms with Gasteiger partial charge in [0.1, 0.15) is 0 Å². The van der Waals surface area contributed by atoms with Crippen molar-refractivity contribution in [3.63, 3.8) is 0 Å². The fraction of sp³-hybridized carbons (Fsp3) is 0.235. The van der Waals surface area contributed by atoms with Gasteiger partial charge in [-0.3, -0.25) is 9.78 Å². The number of pyridine rings is 1. The van der Waals surface area contributed by atoms with Crippen molar-refractivity contribution in [2.45, 2.75) is 18.9 Å². The number of amides is 1. The standard InChI is InChI=1S/C17H16N2O3/c20-16(13-3-1-4-14(11-13)17(21)22)19-10-2-5-15(19)12-6-8-18-9-7-12/h1,3-4,6-9,11,15H,2,5,10H2,(H,21,22). The molecule has 0 saturated carbocycles. The second-order valence-electron chi connectivity index (χ2n) is 5.32. The molecule has 0 radical (unpaired) electrons. The highest BCUT2D eigenvalue weighted by atomic mass is 16.4. The Hall–Kier alpha value is -2.69. The molecule has 22 heavy (non-hydrogen) atoms. The van der Waals surface area contributed by atoms with E-state index in [-0.39, 0.29) is 17.5 Å². The van der Waals surface area contributed by atoms with Gasteiger partial charge in [-0.25, -0.2) is 4.79 Å². The van der Waals surface area contributed by atoms with Crippen LogP contribution >= 0.6 is 0 Å². The Labute approximate surface area is 128 Å². The molecule has 5 heteroatoms. The van der Waals surface area contributed by atoms with Gasteiger partial charge in [0.15, 0.2) is 0 Å². The number of nitrogens with zero attached hydrogens (tertiary/aromatic N) is 2. The zero-order chi connectivity index (χ0) is 15.5. The van der Waals surface area contributed by atoms with Gasteiger partial charge in [0.25, 0.3) is 5.91 Å². The summed E-state index contributed by atoms with van der Waals surface area (Å²) >= 11 is 0.